The molecule has 0 saturated carbocycles. The summed E-state index contributed by atoms with van der Waals surface area (Å²) in [6.07, 6.45) is 1.11. The number of nitrogens with zero attached hydrogens (tertiary/aromatic N) is 4. The standard InChI is InChI=1S/C31H32N6O7S3/c1-31(2,3)44-20(38)15-42-35-21(25-34-30(32)47-36-25)26(39)33-22-27(40)37-23(19(45-4)16-46-28(22)37)29(41)43-24(17-11-7-5-8-12-17)18-13-9-6-10-14-18/h5-14,22,24,28H,15-16H2,1-4H3,(H,33,39)(H2,32,34,36)/t22?,28-/m0/s1. The van der Waals surface area contributed by atoms with Crippen LogP contribution in [0.1, 0.15) is 43.8 Å². The van der Waals surface area contributed by atoms with Gasteiger partial charge in [0.1, 0.15) is 22.7 Å². The minimum atomic E-state index is -1.01. The zero-order valence-corrected chi connectivity index (χ0v) is 28.3. The number of nitrogens with two attached hydrogens (primary N) is 1. The molecule has 13 nitrogen and oxygen atoms in total. The van der Waals surface area contributed by atoms with Crippen molar-refractivity contribution in [1.29, 1.82) is 0 Å². The Kier molecular flexibility index (Phi) is 10.5. The van der Waals surface area contributed by atoms with Gasteiger partial charge in [-0.3, -0.25) is 14.5 Å². The van der Waals surface area contributed by atoms with Crippen LogP contribution in [0.5, 0.6) is 0 Å². The Morgan fingerprint density at radius 2 is 1.74 bits per heavy atom. The molecule has 246 valence electrons. The molecule has 3 N–H and O–H groups in total. The number of ether oxygens (including phenoxy) is 2. The number of esters is 2. The number of thioether (sulfide) groups is 2. The lowest BCUT2D eigenvalue weighted by Crippen LogP contribution is -2.71. The second-order valence-corrected chi connectivity index (χ2v) is 14.0. The van der Waals surface area contributed by atoms with Gasteiger partial charge < -0.3 is 25.4 Å². The number of carbonyl (C=O) groups is 4. The summed E-state index contributed by atoms with van der Waals surface area (Å²) in [4.78, 5) is 64.1. The molecule has 1 saturated heterocycles. The fraction of sp³-hybridized carbons (Fsp3) is 0.323. The third-order valence-corrected chi connectivity index (χ3v) is 9.55. The van der Waals surface area contributed by atoms with E-state index in [-0.39, 0.29) is 22.4 Å². The highest BCUT2D eigenvalue weighted by Crippen LogP contribution is 2.44. The van der Waals surface area contributed by atoms with Crippen LogP contribution < -0.4 is 11.1 Å². The molecule has 0 radical (unpaired) electrons. The minimum absolute atomic E-state index is 0.0728. The average Bonchev–Trinajstić information content (AvgIpc) is 3.48. The first-order valence-corrected chi connectivity index (χ1v) is 17.4. The summed E-state index contributed by atoms with van der Waals surface area (Å²) in [5, 5.41) is 5.92. The summed E-state index contributed by atoms with van der Waals surface area (Å²) in [6, 6.07) is 17.7. The van der Waals surface area contributed by atoms with E-state index in [2.05, 4.69) is 19.8 Å². The summed E-state index contributed by atoms with van der Waals surface area (Å²) < 4.78 is 15.3. The number of nitrogen functional groups attached to an aromatic ring is 1. The number of β-lactam (4-membered cyclic amide) rings is 1. The van der Waals surface area contributed by atoms with Crippen LogP contribution in [-0.4, -0.2) is 79.4 Å². The van der Waals surface area contributed by atoms with Crippen LogP contribution >= 0.6 is 35.1 Å². The molecule has 2 amide bonds. The number of carbonyl (C=O) groups excluding carboxylic acids is 4. The van der Waals surface area contributed by atoms with Crippen LogP contribution in [0.25, 0.3) is 0 Å². The molecule has 47 heavy (non-hydrogen) atoms. The summed E-state index contributed by atoms with van der Waals surface area (Å²) in [7, 11) is 0. The number of hydrogen-bond acceptors (Lipinski definition) is 14. The Balaban J connectivity index is 1.33. The van der Waals surface area contributed by atoms with E-state index in [0.717, 1.165) is 22.7 Å². The highest BCUT2D eigenvalue weighted by Gasteiger charge is 2.55. The molecule has 1 unspecified atom stereocenters. The molecule has 2 atom stereocenters. The zero-order valence-electron chi connectivity index (χ0n) is 25.9. The Bertz CT molecular complexity index is 1670. The van der Waals surface area contributed by atoms with Gasteiger partial charge in [0.2, 0.25) is 18.1 Å². The number of fused-ring (bicyclic) bond motifs is 1. The van der Waals surface area contributed by atoms with E-state index in [4.69, 9.17) is 20.0 Å². The van der Waals surface area contributed by atoms with E-state index in [9.17, 15) is 19.2 Å². The summed E-state index contributed by atoms with van der Waals surface area (Å²) in [5.74, 6) is -2.43. The topological polar surface area (TPSA) is 175 Å². The second-order valence-electron chi connectivity index (χ2n) is 11.2. The van der Waals surface area contributed by atoms with E-state index in [0.29, 0.717) is 10.7 Å². The SMILES string of the molecule is CSC1=C(C(=O)OC(c2ccccc2)c2ccccc2)N2C(=O)C(NC(=O)C(=NOCC(=O)OC(C)(C)C)c3nsc(N)n3)[C@@H]2SC1. The van der Waals surface area contributed by atoms with Crippen molar-refractivity contribution in [3.05, 3.63) is 88.2 Å². The molecular weight excluding hydrogens is 665 g/mol. The summed E-state index contributed by atoms with van der Waals surface area (Å²) in [5.41, 5.74) is 6.27. The fourth-order valence-corrected chi connectivity index (χ4v) is 7.41. The average molecular weight is 697 g/mol. The second kappa shape index (κ2) is 14.6. The van der Waals surface area contributed by atoms with Crippen molar-refractivity contribution in [2.24, 2.45) is 5.16 Å². The van der Waals surface area contributed by atoms with Crippen molar-refractivity contribution in [3.63, 3.8) is 0 Å². The van der Waals surface area contributed by atoms with Crippen LogP contribution in [0.4, 0.5) is 5.13 Å². The number of aromatic nitrogens is 2. The van der Waals surface area contributed by atoms with Crippen LogP contribution in [0.15, 0.2) is 76.4 Å². The molecule has 3 aromatic rings. The predicted molar refractivity (Wildman–Crippen MR) is 179 cm³/mol. The van der Waals surface area contributed by atoms with Gasteiger partial charge in [0.25, 0.3) is 11.8 Å². The third-order valence-electron chi connectivity index (χ3n) is 6.72. The Labute approximate surface area is 283 Å². The number of hydrogen-bond donors (Lipinski definition) is 2. The molecule has 5 rings (SSSR count). The number of oxime groups is 1. The molecule has 0 bridgehead atoms. The third kappa shape index (κ3) is 7.94. The maximum Gasteiger partial charge on any atom is 0.356 e. The van der Waals surface area contributed by atoms with Crippen molar-refractivity contribution in [1.82, 2.24) is 19.6 Å². The number of anilines is 1. The number of rotatable bonds is 11. The first-order chi connectivity index (χ1) is 22.5. The van der Waals surface area contributed by atoms with Crippen LogP contribution in [0.2, 0.25) is 0 Å². The summed E-state index contributed by atoms with van der Waals surface area (Å²) in [6.45, 7) is 4.52. The van der Waals surface area contributed by atoms with E-state index in [1.165, 1.54) is 28.4 Å². The first kappa shape index (κ1) is 33.9. The largest absolute Gasteiger partial charge is 0.457 e. The number of benzene rings is 2. The van der Waals surface area contributed by atoms with Crippen molar-refractivity contribution in [3.8, 4) is 0 Å². The van der Waals surface area contributed by atoms with Crippen molar-refractivity contribution in [2.75, 3.05) is 24.3 Å². The van der Waals surface area contributed by atoms with Crippen LogP contribution in [0, 0.1) is 0 Å². The Morgan fingerprint density at radius 3 is 2.30 bits per heavy atom. The molecule has 2 aromatic carbocycles. The number of amides is 2. The zero-order chi connectivity index (χ0) is 33.7. The van der Waals surface area contributed by atoms with Gasteiger partial charge in [0, 0.05) is 22.2 Å². The van der Waals surface area contributed by atoms with Gasteiger partial charge in [-0.2, -0.15) is 9.36 Å². The maximum absolute atomic E-state index is 13.9. The molecule has 2 aliphatic heterocycles. The smallest absolute Gasteiger partial charge is 0.356 e. The summed E-state index contributed by atoms with van der Waals surface area (Å²) >= 11 is 3.58. The highest BCUT2D eigenvalue weighted by molar-refractivity contribution is 8.05. The lowest BCUT2D eigenvalue weighted by molar-refractivity contribution is -0.160. The van der Waals surface area contributed by atoms with Gasteiger partial charge in [-0.05, 0) is 38.2 Å². The molecule has 0 spiro atoms. The molecule has 2 aliphatic rings. The molecule has 1 fully saturated rings. The van der Waals surface area contributed by atoms with Gasteiger partial charge in [-0.15, -0.1) is 23.5 Å². The van der Waals surface area contributed by atoms with E-state index >= 15 is 0 Å². The number of nitrogens with one attached hydrogen (secondary N) is 1. The minimum Gasteiger partial charge on any atom is -0.457 e. The van der Waals surface area contributed by atoms with Crippen molar-refractivity contribution in [2.45, 2.75) is 43.9 Å². The predicted octanol–water partition coefficient (Wildman–Crippen LogP) is 3.49. The highest BCUT2D eigenvalue weighted by atomic mass is 32.2. The van der Waals surface area contributed by atoms with Crippen molar-refractivity contribution >= 4 is 69.7 Å². The first-order valence-electron chi connectivity index (χ1n) is 14.3. The lowest BCUT2D eigenvalue weighted by Gasteiger charge is -2.49. The van der Waals surface area contributed by atoms with Gasteiger partial charge in [-0.1, -0.05) is 65.8 Å². The Morgan fingerprint density at radius 1 is 1.11 bits per heavy atom. The van der Waals surface area contributed by atoms with Crippen LogP contribution in [-0.2, 0) is 33.5 Å². The molecule has 3 heterocycles. The van der Waals surface area contributed by atoms with Gasteiger partial charge in [-0.25, -0.2) is 9.59 Å². The van der Waals surface area contributed by atoms with E-state index < -0.39 is 53.5 Å². The van der Waals surface area contributed by atoms with Crippen molar-refractivity contribution < 1.29 is 33.5 Å². The molecule has 16 heteroatoms. The van der Waals surface area contributed by atoms with E-state index in [1.54, 1.807) is 20.8 Å². The normalized spacial score (nSPS) is 17.9. The monoisotopic (exact) mass is 696 g/mol. The van der Waals surface area contributed by atoms with Crippen LogP contribution in [0.3, 0.4) is 0 Å². The van der Waals surface area contributed by atoms with E-state index in [1.807, 2.05) is 66.9 Å². The molecular formula is C31H32N6O7S3. The lowest BCUT2D eigenvalue weighted by atomic mass is 10.0. The van der Waals surface area contributed by atoms with Gasteiger partial charge in [0.05, 0.1) is 0 Å². The maximum atomic E-state index is 13.9. The Hall–Kier alpha value is -4.41. The fourth-order valence-electron chi connectivity index (χ4n) is 4.73. The quantitative estimate of drug-likeness (QED) is 0.129. The van der Waals surface area contributed by atoms with Gasteiger partial charge in [0.15, 0.2) is 11.2 Å². The van der Waals surface area contributed by atoms with Gasteiger partial charge >= 0.3 is 11.9 Å². The molecule has 0 aliphatic carbocycles. The molecule has 1 aromatic heterocycles.